The Balaban J connectivity index is 2.95. The van der Waals surface area contributed by atoms with E-state index in [2.05, 4.69) is 0 Å². The highest BCUT2D eigenvalue weighted by atomic mass is 16.4. The van der Waals surface area contributed by atoms with Crippen LogP contribution >= 0.6 is 0 Å². The molecule has 0 saturated heterocycles. The lowest BCUT2D eigenvalue weighted by molar-refractivity contribution is -0.139. The minimum absolute atomic E-state index is 0.105. The van der Waals surface area contributed by atoms with Crippen molar-refractivity contribution < 1.29 is 15.0 Å². The van der Waals surface area contributed by atoms with E-state index in [0.717, 1.165) is 18.4 Å². The highest BCUT2D eigenvalue weighted by Gasteiger charge is 2.21. The molecule has 88 valence electrons. The molecule has 1 aromatic rings. The summed E-state index contributed by atoms with van der Waals surface area (Å²) in [6.07, 6.45) is 2.49. The maximum absolute atomic E-state index is 11.2. The second kappa shape index (κ2) is 6.28. The molecule has 0 radical (unpaired) electrons. The molecular weight excluding hydrogens is 204 g/mol. The molecule has 1 rings (SSSR count). The van der Waals surface area contributed by atoms with Gasteiger partial charge in [0, 0.05) is 0 Å². The minimum Gasteiger partial charge on any atom is -0.481 e. The van der Waals surface area contributed by atoms with Gasteiger partial charge in [-0.25, -0.2) is 0 Å². The Hall–Kier alpha value is -1.35. The van der Waals surface area contributed by atoms with E-state index in [1.165, 1.54) is 0 Å². The molecule has 0 heterocycles. The average Bonchev–Trinajstić information content (AvgIpc) is 2.29. The van der Waals surface area contributed by atoms with Gasteiger partial charge in [0.1, 0.15) is 0 Å². The van der Waals surface area contributed by atoms with Crippen LogP contribution in [0.3, 0.4) is 0 Å². The molecule has 0 bridgehead atoms. The van der Waals surface area contributed by atoms with Crippen molar-refractivity contribution in [2.45, 2.75) is 38.7 Å². The van der Waals surface area contributed by atoms with Crippen LogP contribution in [0.15, 0.2) is 24.3 Å². The predicted molar refractivity (Wildman–Crippen MR) is 62.3 cm³/mol. The molecule has 0 fully saturated rings. The number of hydrogen-bond donors (Lipinski definition) is 2. The molecule has 0 aliphatic heterocycles. The predicted octanol–water partition coefficient (Wildman–Crippen LogP) is 2.54. The van der Waals surface area contributed by atoms with E-state index < -0.39 is 11.9 Å². The largest absolute Gasteiger partial charge is 0.481 e. The first kappa shape index (κ1) is 12.7. The monoisotopic (exact) mass is 222 g/mol. The first-order valence-electron chi connectivity index (χ1n) is 5.62. The Morgan fingerprint density at radius 3 is 2.62 bits per heavy atom. The molecule has 3 heteroatoms. The van der Waals surface area contributed by atoms with Crippen LogP contribution in [-0.4, -0.2) is 16.2 Å². The number of benzene rings is 1. The van der Waals surface area contributed by atoms with Gasteiger partial charge in [0.15, 0.2) is 0 Å². The molecule has 0 amide bonds. The van der Waals surface area contributed by atoms with Crippen LogP contribution in [0.2, 0.25) is 0 Å². The summed E-state index contributed by atoms with van der Waals surface area (Å²) in [5.41, 5.74) is 1.46. The number of carbonyl (C=O) groups is 1. The quantitative estimate of drug-likeness (QED) is 0.777. The smallest absolute Gasteiger partial charge is 0.310 e. The Morgan fingerprint density at radius 1 is 1.38 bits per heavy atom. The summed E-state index contributed by atoms with van der Waals surface area (Å²) in [7, 11) is 0. The van der Waals surface area contributed by atoms with Crippen molar-refractivity contribution in [2.75, 3.05) is 0 Å². The van der Waals surface area contributed by atoms with Gasteiger partial charge in [0.25, 0.3) is 0 Å². The topological polar surface area (TPSA) is 57.5 Å². The summed E-state index contributed by atoms with van der Waals surface area (Å²) in [4.78, 5) is 11.2. The zero-order valence-electron chi connectivity index (χ0n) is 9.52. The van der Waals surface area contributed by atoms with Crippen LogP contribution in [0.5, 0.6) is 0 Å². The van der Waals surface area contributed by atoms with E-state index in [1.807, 2.05) is 19.1 Å². The first-order chi connectivity index (χ1) is 7.70. The summed E-state index contributed by atoms with van der Waals surface area (Å²) in [5, 5.41) is 18.4. The lowest BCUT2D eigenvalue weighted by Crippen LogP contribution is -2.13. The number of aliphatic hydroxyl groups is 1. The maximum Gasteiger partial charge on any atom is 0.310 e. The molecule has 1 atom stereocenters. The average molecular weight is 222 g/mol. The lowest BCUT2D eigenvalue weighted by atomic mass is 9.90. The molecule has 1 aromatic carbocycles. The zero-order chi connectivity index (χ0) is 12.0. The summed E-state index contributed by atoms with van der Waals surface area (Å²) in [5.74, 6) is -1.31. The second-order valence-electron chi connectivity index (χ2n) is 3.89. The van der Waals surface area contributed by atoms with Crippen molar-refractivity contribution in [3.05, 3.63) is 35.4 Å². The number of hydrogen-bond acceptors (Lipinski definition) is 2. The first-order valence-corrected chi connectivity index (χ1v) is 5.62. The van der Waals surface area contributed by atoms with E-state index in [1.54, 1.807) is 12.1 Å². The van der Waals surface area contributed by atoms with Crippen molar-refractivity contribution in [3.63, 3.8) is 0 Å². The SMILES string of the molecule is CCCCC(C(=O)O)c1ccccc1CO. The molecule has 0 saturated carbocycles. The molecular formula is C13H18O3. The van der Waals surface area contributed by atoms with Gasteiger partial charge in [-0.3, -0.25) is 4.79 Å². The highest BCUT2D eigenvalue weighted by molar-refractivity contribution is 5.76. The second-order valence-corrected chi connectivity index (χ2v) is 3.89. The number of rotatable bonds is 6. The van der Waals surface area contributed by atoms with Gasteiger partial charge in [-0.15, -0.1) is 0 Å². The van der Waals surface area contributed by atoms with Crippen LogP contribution in [0, 0.1) is 0 Å². The van der Waals surface area contributed by atoms with Crippen LogP contribution in [0.4, 0.5) is 0 Å². The molecule has 0 aliphatic rings. The van der Waals surface area contributed by atoms with Gasteiger partial charge in [-0.2, -0.15) is 0 Å². The third-order valence-corrected chi connectivity index (χ3v) is 2.75. The Kier molecular flexibility index (Phi) is 4.99. The van der Waals surface area contributed by atoms with E-state index in [-0.39, 0.29) is 6.61 Å². The number of aliphatic hydroxyl groups excluding tert-OH is 1. The number of aliphatic carboxylic acids is 1. The van der Waals surface area contributed by atoms with Gasteiger partial charge in [0.2, 0.25) is 0 Å². The van der Waals surface area contributed by atoms with E-state index in [0.29, 0.717) is 12.0 Å². The van der Waals surface area contributed by atoms with Crippen molar-refractivity contribution in [1.29, 1.82) is 0 Å². The van der Waals surface area contributed by atoms with Crippen molar-refractivity contribution >= 4 is 5.97 Å². The van der Waals surface area contributed by atoms with Crippen LogP contribution < -0.4 is 0 Å². The number of unbranched alkanes of at least 4 members (excludes halogenated alkanes) is 1. The van der Waals surface area contributed by atoms with E-state index in [4.69, 9.17) is 0 Å². The van der Waals surface area contributed by atoms with Crippen LogP contribution in [-0.2, 0) is 11.4 Å². The van der Waals surface area contributed by atoms with Crippen LogP contribution in [0.1, 0.15) is 43.2 Å². The Labute approximate surface area is 95.7 Å². The highest BCUT2D eigenvalue weighted by Crippen LogP contribution is 2.25. The normalized spacial score (nSPS) is 12.4. The fourth-order valence-electron chi connectivity index (χ4n) is 1.84. The summed E-state index contributed by atoms with van der Waals surface area (Å²) < 4.78 is 0. The van der Waals surface area contributed by atoms with Crippen molar-refractivity contribution in [1.82, 2.24) is 0 Å². The number of carboxylic acid groups (broad SMARTS) is 1. The maximum atomic E-state index is 11.2. The molecule has 16 heavy (non-hydrogen) atoms. The van der Waals surface area contributed by atoms with Gasteiger partial charge >= 0.3 is 5.97 Å². The lowest BCUT2D eigenvalue weighted by Gasteiger charge is -2.15. The van der Waals surface area contributed by atoms with Gasteiger partial charge in [-0.05, 0) is 17.5 Å². The molecule has 0 spiro atoms. The summed E-state index contributed by atoms with van der Waals surface area (Å²) in [6, 6.07) is 7.20. The standard InChI is InChI=1S/C13H18O3/c1-2-3-7-12(13(15)16)11-8-5-4-6-10(11)9-14/h4-6,8,12,14H,2-3,7,9H2,1H3,(H,15,16). The van der Waals surface area contributed by atoms with Crippen molar-refractivity contribution in [3.8, 4) is 0 Å². The molecule has 1 unspecified atom stereocenters. The third-order valence-electron chi connectivity index (χ3n) is 2.75. The van der Waals surface area contributed by atoms with Crippen molar-refractivity contribution in [2.24, 2.45) is 0 Å². The molecule has 3 nitrogen and oxygen atoms in total. The van der Waals surface area contributed by atoms with Gasteiger partial charge in [-0.1, -0.05) is 44.0 Å². The molecule has 2 N–H and O–H groups in total. The van der Waals surface area contributed by atoms with E-state index in [9.17, 15) is 15.0 Å². The van der Waals surface area contributed by atoms with Crippen LogP contribution in [0.25, 0.3) is 0 Å². The molecule has 0 aromatic heterocycles. The van der Waals surface area contributed by atoms with Gasteiger partial charge < -0.3 is 10.2 Å². The minimum atomic E-state index is -0.811. The summed E-state index contributed by atoms with van der Waals surface area (Å²) in [6.45, 7) is 1.93. The zero-order valence-corrected chi connectivity index (χ0v) is 9.52. The summed E-state index contributed by atoms with van der Waals surface area (Å²) >= 11 is 0. The number of carboxylic acids is 1. The third kappa shape index (κ3) is 3.07. The van der Waals surface area contributed by atoms with E-state index >= 15 is 0 Å². The van der Waals surface area contributed by atoms with Gasteiger partial charge in [0.05, 0.1) is 12.5 Å². The Morgan fingerprint density at radius 2 is 2.06 bits per heavy atom. The fraction of sp³-hybridized carbons (Fsp3) is 0.462. The molecule has 0 aliphatic carbocycles. The Bertz CT molecular complexity index is 347. The fourth-order valence-corrected chi connectivity index (χ4v) is 1.84.